The molecule has 1 atom stereocenters. The molecule has 3 heterocycles. The Bertz CT molecular complexity index is 583. The Morgan fingerprint density at radius 1 is 1.30 bits per heavy atom. The maximum Gasteiger partial charge on any atom is 0.147 e. The predicted octanol–water partition coefficient (Wildman–Crippen LogP) is 1.93. The second kappa shape index (κ2) is 5.38. The van der Waals surface area contributed by atoms with Crippen molar-refractivity contribution in [1.29, 1.82) is 0 Å². The van der Waals surface area contributed by atoms with E-state index in [0.717, 1.165) is 30.8 Å². The summed E-state index contributed by atoms with van der Waals surface area (Å²) in [5, 5.41) is 1.17. The van der Waals surface area contributed by atoms with E-state index in [4.69, 9.17) is 5.73 Å². The highest BCUT2D eigenvalue weighted by Crippen LogP contribution is 2.39. The highest BCUT2D eigenvalue weighted by Gasteiger charge is 2.25. The van der Waals surface area contributed by atoms with E-state index >= 15 is 0 Å². The Morgan fingerprint density at radius 2 is 2.05 bits per heavy atom. The molecule has 0 aliphatic carbocycles. The van der Waals surface area contributed by atoms with Crippen molar-refractivity contribution in [1.82, 2.24) is 14.3 Å². The zero-order chi connectivity index (χ0) is 14.1. The second-order valence-corrected chi connectivity index (χ2v) is 6.01. The van der Waals surface area contributed by atoms with Crippen molar-refractivity contribution in [3.63, 3.8) is 0 Å². The van der Waals surface area contributed by atoms with E-state index < -0.39 is 0 Å². The van der Waals surface area contributed by atoms with Crippen LogP contribution in [-0.2, 0) is 0 Å². The summed E-state index contributed by atoms with van der Waals surface area (Å²) in [6.07, 6.45) is 3.59. The van der Waals surface area contributed by atoms with Gasteiger partial charge in [0.2, 0.25) is 0 Å². The lowest BCUT2D eigenvalue weighted by Gasteiger charge is -2.38. The van der Waals surface area contributed by atoms with Crippen LogP contribution in [0.5, 0.6) is 0 Å². The van der Waals surface area contributed by atoms with Crippen LogP contribution in [0.25, 0.3) is 11.1 Å². The molecule has 1 unspecified atom stereocenters. The first-order chi connectivity index (χ1) is 9.66. The van der Waals surface area contributed by atoms with Gasteiger partial charge in [-0.25, -0.2) is 0 Å². The van der Waals surface area contributed by atoms with Crippen molar-refractivity contribution in [2.45, 2.75) is 13.0 Å². The quantitative estimate of drug-likeness (QED) is 0.915. The molecular formula is C14H19N5S. The maximum atomic E-state index is 6.08. The van der Waals surface area contributed by atoms with Crippen LogP contribution in [0, 0.1) is 0 Å². The number of piperazine rings is 1. The van der Waals surface area contributed by atoms with Crippen molar-refractivity contribution in [2.75, 3.05) is 37.3 Å². The molecule has 3 rings (SSSR count). The number of nitrogens with zero attached hydrogens (tertiary/aromatic N) is 4. The van der Waals surface area contributed by atoms with E-state index in [1.54, 1.807) is 12.4 Å². The third-order valence-electron chi connectivity index (χ3n) is 3.92. The number of hydrogen-bond donors (Lipinski definition) is 1. The van der Waals surface area contributed by atoms with E-state index in [1.165, 1.54) is 16.5 Å². The van der Waals surface area contributed by atoms with Crippen molar-refractivity contribution >= 4 is 22.4 Å². The van der Waals surface area contributed by atoms with Crippen molar-refractivity contribution in [3.05, 3.63) is 24.5 Å². The van der Waals surface area contributed by atoms with Gasteiger partial charge in [0.05, 0.1) is 5.56 Å². The van der Waals surface area contributed by atoms with Gasteiger partial charge < -0.3 is 15.5 Å². The average Bonchev–Trinajstić information content (AvgIpc) is 2.85. The fraction of sp³-hybridized carbons (Fsp3) is 0.429. The van der Waals surface area contributed by atoms with Crippen LogP contribution in [0.1, 0.15) is 6.92 Å². The molecule has 106 valence electrons. The molecule has 5 nitrogen and oxygen atoms in total. The van der Waals surface area contributed by atoms with Gasteiger partial charge in [0.15, 0.2) is 0 Å². The third-order valence-corrected chi connectivity index (χ3v) is 4.84. The largest absolute Gasteiger partial charge is 0.382 e. The summed E-state index contributed by atoms with van der Waals surface area (Å²) in [6.45, 7) is 5.34. The molecule has 1 fully saturated rings. The molecule has 1 aliphatic heterocycles. The van der Waals surface area contributed by atoms with E-state index in [1.807, 2.05) is 12.1 Å². The van der Waals surface area contributed by atoms with Gasteiger partial charge in [-0.3, -0.25) is 4.98 Å². The summed E-state index contributed by atoms with van der Waals surface area (Å²) in [5.41, 5.74) is 8.22. The van der Waals surface area contributed by atoms with Crippen LogP contribution in [0.2, 0.25) is 0 Å². The number of nitrogen functional groups attached to an aromatic ring is 1. The minimum absolute atomic E-state index is 0.539. The van der Waals surface area contributed by atoms with Gasteiger partial charge in [-0.2, -0.15) is 4.37 Å². The Balaban J connectivity index is 1.96. The molecule has 0 aromatic carbocycles. The molecule has 1 saturated heterocycles. The SMILES string of the molecule is CC1CN(c2snc(N)c2-c2ccncc2)CCN1C. The van der Waals surface area contributed by atoms with Crippen LogP contribution in [0.4, 0.5) is 10.8 Å². The first-order valence-electron chi connectivity index (χ1n) is 6.77. The van der Waals surface area contributed by atoms with E-state index in [2.05, 4.69) is 33.1 Å². The van der Waals surface area contributed by atoms with Crippen LogP contribution in [0.3, 0.4) is 0 Å². The Kier molecular flexibility index (Phi) is 3.58. The van der Waals surface area contributed by atoms with Crippen LogP contribution >= 0.6 is 11.5 Å². The van der Waals surface area contributed by atoms with E-state index in [9.17, 15) is 0 Å². The minimum Gasteiger partial charge on any atom is -0.382 e. The molecule has 0 amide bonds. The summed E-state index contributed by atoms with van der Waals surface area (Å²) in [7, 11) is 2.17. The second-order valence-electron chi connectivity index (χ2n) is 5.26. The number of nitrogens with two attached hydrogens (primary N) is 1. The van der Waals surface area contributed by atoms with Gasteiger partial charge in [-0.05, 0) is 43.2 Å². The number of hydrogen-bond acceptors (Lipinski definition) is 6. The highest BCUT2D eigenvalue weighted by atomic mass is 32.1. The number of aromatic nitrogens is 2. The molecule has 2 N–H and O–H groups in total. The highest BCUT2D eigenvalue weighted by molar-refractivity contribution is 7.11. The number of rotatable bonds is 2. The first-order valence-corrected chi connectivity index (χ1v) is 7.55. The molecule has 6 heteroatoms. The fourth-order valence-electron chi connectivity index (χ4n) is 2.53. The Morgan fingerprint density at radius 3 is 2.75 bits per heavy atom. The minimum atomic E-state index is 0.539. The number of anilines is 2. The van der Waals surface area contributed by atoms with Crippen molar-refractivity contribution in [3.8, 4) is 11.1 Å². The molecule has 0 spiro atoms. The van der Waals surface area contributed by atoms with Crippen LogP contribution in [0.15, 0.2) is 24.5 Å². The number of pyridine rings is 1. The summed E-state index contributed by atoms with van der Waals surface area (Å²) >= 11 is 1.49. The average molecular weight is 289 g/mol. The molecule has 2 aromatic rings. The summed E-state index contributed by atoms with van der Waals surface area (Å²) in [4.78, 5) is 8.85. The van der Waals surface area contributed by atoms with Gasteiger partial charge in [0, 0.05) is 38.1 Å². The third kappa shape index (κ3) is 2.36. The summed E-state index contributed by atoms with van der Waals surface area (Å²) in [6, 6.07) is 4.52. The van der Waals surface area contributed by atoms with Crippen LogP contribution < -0.4 is 10.6 Å². The molecular weight excluding hydrogens is 270 g/mol. The lowest BCUT2D eigenvalue weighted by atomic mass is 10.1. The molecule has 2 aromatic heterocycles. The number of likely N-dealkylation sites (N-methyl/N-ethyl adjacent to an activating group) is 1. The smallest absolute Gasteiger partial charge is 0.147 e. The zero-order valence-corrected chi connectivity index (χ0v) is 12.6. The molecule has 0 bridgehead atoms. The summed E-state index contributed by atoms with van der Waals surface area (Å²) in [5.74, 6) is 0.614. The molecule has 1 aliphatic rings. The van der Waals surface area contributed by atoms with Crippen molar-refractivity contribution in [2.24, 2.45) is 0 Å². The Hall–Kier alpha value is -1.66. The molecule has 0 radical (unpaired) electrons. The van der Waals surface area contributed by atoms with Gasteiger partial charge in [-0.15, -0.1) is 0 Å². The summed E-state index contributed by atoms with van der Waals surface area (Å²) < 4.78 is 4.36. The Labute approximate surface area is 123 Å². The first kappa shape index (κ1) is 13.3. The molecule has 0 saturated carbocycles. The lowest BCUT2D eigenvalue weighted by Crippen LogP contribution is -2.50. The fourth-order valence-corrected chi connectivity index (χ4v) is 3.40. The van der Waals surface area contributed by atoms with Gasteiger partial charge in [-0.1, -0.05) is 0 Å². The topological polar surface area (TPSA) is 58.3 Å². The van der Waals surface area contributed by atoms with Crippen molar-refractivity contribution < 1.29 is 0 Å². The van der Waals surface area contributed by atoms with Crippen LogP contribution in [-0.4, -0.2) is 47.0 Å². The van der Waals surface area contributed by atoms with Gasteiger partial charge >= 0.3 is 0 Å². The lowest BCUT2D eigenvalue weighted by molar-refractivity contribution is 0.234. The van der Waals surface area contributed by atoms with E-state index in [0.29, 0.717) is 11.9 Å². The van der Waals surface area contributed by atoms with Gasteiger partial charge in [0.25, 0.3) is 0 Å². The standard InChI is InChI=1S/C14H19N5S/c1-10-9-19(8-7-18(10)2)14-12(13(15)17-20-14)11-3-5-16-6-4-11/h3-6,10H,7-9H2,1-2H3,(H2,15,17). The van der Waals surface area contributed by atoms with Gasteiger partial charge in [0.1, 0.15) is 10.8 Å². The van der Waals surface area contributed by atoms with E-state index in [-0.39, 0.29) is 0 Å². The normalized spacial score (nSPS) is 20.3. The zero-order valence-electron chi connectivity index (χ0n) is 11.8. The predicted molar refractivity (Wildman–Crippen MR) is 84.1 cm³/mol. The maximum absolute atomic E-state index is 6.08. The monoisotopic (exact) mass is 289 g/mol. The molecule has 20 heavy (non-hydrogen) atoms.